The summed E-state index contributed by atoms with van der Waals surface area (Å²) in [7, 11) is 1.65. The Labute approximate surface area is 122 Å². The standard InChI is InChI=1S/C16H26ClNO/c1-4-6-7-8-15(18-11-5-2)13-9-10-16(19-3)14(17)12-13/h9-10,12,15,18H,4-8,11H2,1-3H3. The van der Waals surface area contributed by atoms with Gasteiger partial charge in [-0.25, -0.2) is 0 Å². The van der Waals surface area contributed by atoms with Crippen LogP contribution < -0.4 is 10.1 Å². The molecule has 0 spiro atoms. The molecule has 0 aromatic heterocycles. The Morgan fingerprint density at radius 2 is 2.00 bits per heavy atom. The number of hydrogen-bond acceptors (Lipinski definition) is 2. The lowest BCUT2D eigenvalue weighted by molar-refractivity contribution is 0.414. The van der Waals surface area contributed by atoms with Crippen molar-refractivity contribution >= 4 is 11.6 Å². The van der Waals surface area contributed by atoms with Gasteiger partial charge < -0.3 is 10.1 Å². The summed E-state index contributed by atoms with van der Waals surface area (Å²) in [5.41, 5.74) is 1.26. The molecule has 1 unspecified atom stereocenters. The number of ether oxygens (including phenoxy) is 1. The van der Waals surface area contributed by atoms with Gasteiger partial charge in [0.1, 0.15) is 5.75 Å². The fourth-order valence-corrected chi connectivity index (χ4v) is 2.47. The molecule has 0 saturated heterocycles. The van der Waals surface area contributed by atoms with E-state index >= 15 is 0 Å². The molecule has 0 bridgehead atoms. The molecule has 0 heterocycles. The van der Waals surface area contributed by atoms with Crippen molar-refractivity contribution in [2.45, 2.75) is 52.0 Å². The maximum Gasteiger partial charge on any atom is 0.137 e. The van der Waals surface area contributed by atoms with Crippen LogP contribution in [0.5, 0.6) is 5.75 Å². The zero-order valence-corrected chi connectivity index (χ0v) is 13.1. The smallest absolute Gasteiger partial charge is 0.137 e. The van der Waals surface area contributed by atoms with Crippen molar-refractivity contribution in [3.63, 3.8) is 0 Å². The van der Waals surface area contributed by atoms with Crippen molar-refractivity contribution in [3.05, 3.63) is 28.8 Å². The van der Waals surface area contributed by atoms with Crippen molar-refractivity contribution in [1.82, 2.24) is 5.32 Å². The second-order valence-corrected chi connectivity index (χ2v) is 5.30. The van der Waals surface area contributed by atoms with Gasteiger partial charge >= 0.3 is 0 Å². The molecule has 1 aromatic rings. The van der Waals surface area contributed by atoms with Crippen LogP contribution in [0.15, 0.2) is 18.2 Å². The third-order valence-corrected chi connectivity index (χ3v) is 3.61. The maximum absolute atomic E-state index is 6.22. The van der Waals surface area contributed by atoms with Gasteiger partial charge in [-0.1, -0.05) is 50.8 Å². The summed E-state index contributed by atoms with van der Waals surface area (Å²) >= 11 is 6.22. The van der Waals surface area contributed by atoms with E-state index in [0.717, 1.165) is 25.1 Å². The van der Waals surface area contributed by atoms with Crippen molar-refractivity contribution < 1.29 is 4.74 Å². The molecule has 0 aliphatic carbocycles. The Morgan fingerprint density at radius 3 is 2.58 bits per heavy atom. The van der Waals surface area contributed by atoms with Gasteiger partial charge in [-0.3, -0.25) is 0 Å². The molecule has 0 radical (unpaired) electrons. The predicted octanol–water partition coefficient (Wildman–Crippen LogP) is 4.97. The number of rotatable bonds is 9. The van der Waals surface area contributed by atoms with E-state index in [1.54, 1.807) is 7.11 Å². The van der Waals surface area contributed by atoms with Crippen molar-refractivity contribution in [2.75, 3.05) is 13.7 Å². The van der Waals surface area contributed by atoms with Crippen LogP contribution in [-0.4, -0.2) is 13.7 Å². The molecule has 0 aliphatic rings. The third-order valence-electron chi connectivity index (χ3n) is 3.32. The maximum atomic E-state index is 6.22. The van der Waals surface area contributed by atoms with Crippen LogP contribution in [0.25, 0.3) is 0 Å². The van der Waals surface area contributed by atoms with Crippen LogP contribution in [0.2, 0.25) is 5.02 Å². The van der Waals surface area contributed by atoms with Crippen LogP contribution in [0.4, 0.5) is 0 Å². The summed E-state index contributed by atoms with van der Waals surface area (Å²) < 4.78 is 5.21. The third kappa shape index (κ3) is 5.42. The van der Waals surface area contributed by atoms with Gasteiger partial charge in [-0.15, -0.1) is 0 Å². The molecule has 1 aromatic carbocycles. The lowest BCUT2D eigenvalue weighted by Crippen LogP contribution is -2.22. The van der Waals surface area contributed by atoms with Crippen LogP contribution >= 0.6 is 11.6 Å². The molecule has 19 heavy (non-hydrogen) atoms. The number of hydrogen-bond donors (Lipinski definition) is 1. The first-order chi connectivity index (χ1) is 9.22. The first kappa shape index (κ1) is 16.3. The highest BCUT2D eigenvalue weighted by atomic mass is 35.5. The second-order valence-electron chi connectivity index (χ2n) is 4.90. The van der Waals surface area contributed by atoms with Crippen LogP contribution in [0.1, 0.15) is 57.6 Å². The zero-order chi connectivity index (χ0) is 14.1. The number of unbranched alkanes of at least 4 members (excludes halogenated alkanes) is 2. The van der Waals surface area contributed by atoms with E-state index in [1.807, 2.05) is 12.1 Å². The summed E-state index contributed by atoms with van der Waals surface area (Å²) in [6.45, 7) is 5.47. The van der Waals surface area contributed by atoms with E-state index in [4.69, 9.17) is 16.3 Å². The summed E-state index contributed by atoms with van der Waals surface area (Å²) in [4.78, 5) is 0. The normalized spacial score (nSPS) is 12.4. The molecule has 1 atom stereocenters. The molecule has 2 nitrogen and oxygen atoms in total. The topological polar surface area (TPSA) is 21.3 Å². The Hall–Kier alpha value is -0.730. The highest BCUT2D eigenvalue weighted by Crippen LogP contribution is 2.29. The zero-order valence-electron chi connectivity index (χ0n) is 12.3. The number of halogens is 1. The quantitative estimate of drug-likeness (QED) is 0.646. The Kier molecular flexibility index (Phi) is 7.92. The highest BCUT2D eigenvalue weighted by Gasteiger charge is 2.12. The van der Waals surface area contributed by atoms with E-state index in [0.29, 0.717) is 11.1 Å². The van der Waals surface area contributed by atoms with E-state index in [9.17, 15) is 0 Å². The largest absolute Gasteiger partial charge is 0.495 e. The Balaban J connectivity index is 2.74. The first-order valence-corrected chi connectivity index (χ1v) is 7.67. The SMILES string of the molecule is CCCCCC(NCCC)c1ccc(OC)c(Cl)c1. The van der Waals surface area contributed by atoms with Crippen molar-refractivity contribution in [2.24, 2.45) is 0 Å². The summed E-state index contributed by atoms with van der Waals surface area (Å²) in [5.74, 6) is 0.744. The molecular weight excluding hydrogens is 258 g/mol. The minimum atomic E-state index is 0.398. The number of methoxy groups -OCH3 is 1. The molecule has 0 saturated carbocycles. The lowest BCUT2D eigenvalue weighted by atomic mass is 10.00. The first-order valence-electron chi connectivity index (χ1n) is 7.29. The lowest BCUT2D eigenvalue weighted by Gasteiger charge is -2.19. The van der Waals surface area contributed by atoms with E-state index in [2.05, 4.69) is 25.2 Å². The molecule has 108 valence electrons. The van der Waals surface area contributed by atoms with E-state index in [-0.39, 0.29) is 0 Å². The summed E-state index contributed by atoms with van der Waals surface area (Å²) in [6, 6.07) is 6.50. The monoisotopic (exact) mass is 283 g/mol. The van der Waals surface area contributed by atoms with Gasteiger partial charge in [0.2, 0.25) is 0 Å². The molecule has 0 amide bonds. The minimum Gasteiger partial charge on any atom is -0.495 e. The van der Waals surface area contributed by atoms with Gasteiger partial charge in [-0.2, -0.15) is 0 Å². The molecule has 1 rings (SSSR count). The average molecular weight is 284 g/mol. The van der Waals surface area contributed by atoms with Crippen LogP contribution in [-0.2, 0) is 0 Å². The Bertz CT molecular complexity index is 368. The van der Waals surface area contributed by atoms with Gasteiger partial charge in [0.25, 0.3) is 0 Å². The molecule has 3 heteroatoms. The van der Waals surface area contributed by atoms with E-state index < -0.39 is 0 Å². The molecule has 1 N–H and O–H groups in total. The van der Waals surface area contributed by atoms with Crippen molar-refractivity contribution in [3.8, 4) is 5.75 Å². The molecule has 0 fully saturated rings. The highest BCUT2D eigenvalue weighted by molar-refractivity contribution is 6.32. The Morgan fingerprint density at radius 1 is 1.21 bits per heavy atom. The molecule has 0 aliphatic heterocycles. The summed E-state index contributed by atoms with van der Waals surface area (Å²) in [5, 5.41) is 4.30. The number of nitrogens with one attached hydrogen (secondary N) is 1. The number of benzene rings is 1. The van der Waals surface area contributed by atoms with Gasteiger partial charge in [-0.05, 0) is 37.1 Å². The van der Waals surface area contributed by atoms with Gasteiger partial charge in [0, 0.05) is 6.04 Å². The average Bonchev–Trinajstić information content (AvgIpc) is 2.42. The van der Waals surface area contributed by atoms with Crippen molar-refractivity contribution in [1.29, 1.82) is 0 Å². The predicted molar refractivity (Wildman–Crippen MR) is 83.2 cm³/mol. The second kappa shape index (κ2) is 9.22. The van der Waals surface area contributed by atoms with Crippen LogP contribution in [0, 0.1) is 0 Å². The fraction of sp³-hybridized carbons (Fsp3) is 0.625. The van der Waals surface area contributed by atoms with E-state index in [1.165, 1.54) is 24.8 Å². The van der Waals surface area contributed by atoms with Gasteiger partial charge in [0.15, 0.2) is 0 Å². The molecular formula is C16H26ClNO. The van der Waals surface area contributed by atoms with Gasteiger partial charge in [0.05, 0.1) is 12.1 Å². The summed E-state index contributed by atoms with van der Waals surface area (Å²) in [6.07, 6.45) is 6.10. The minimum absolute atomic E-state index is 0.398. The van der Waals surface area contributed by atoms with Crippen LogP contribution in [0.3, 0.4) is 0 Å². The fourth-order valence-electron chi connectivity index (χ4n) is 2.20.